The summed E-state index contributed by atoms with van der Waals surface area (Å²) in [5.74, 6) is -1.80. The van der Waals surface area contributed by atoms with Crippen LogP contribution >= 0.6 is 0 Å². The minimum absolute atomic E-state index is 0. The van der Waals surface area contributed by atoms with E-state index >= 15 is 0 Å². The molecule has 0 aromatic rings. The van der Waals surface area contributed by atoms with Gasteiger partial charge in [-0.2, -0.15) is 0 Å². The van der Waals surface area contributed by atoms with Gasteiger partial charge < -0.3 is 19.8 Å². The van der Waals surface area contributed by atoms with Gasteiger partial charge in [0.15, 0.2) is 0 Å². The summed E-state index contributed by atoms with van der Waals surface area (Å²) in [5, 5.41) is 20.6. The molecule has 0 unspecified atom stereocenters. The number of rotatable bonds is 42. The summed E-state index contributed by atoms with van der Waals surface area (Å²) in [6.45, 7) is 4.57. The Morgan fingerprint density at radius 2 is 0.373 bits per heavy atom. The van der Waals surface area contributed by atoms with Crippen molar-refractivity contribution >= 4 is 60.8 Å². The molecule has 0 saturated heterocycles. The fourth-order valence-electron chi connectivity index (χ4n) is 7.05. The second-order valence-corrected chi connectivity index (χ2v) is 15.7. The van der Waals surface area contributed by atoms with Gasteiger partial charge in [0, 0.05) is 11.9 Å². The zero-order valence-electron chi connectivity index (χ0n) is 35.0. The Balaban J connectivity index is -0.000000886. The van der Waals surface area contributed by atoms with Crippen molar-refractivity contribution < 1.29 is 19.8 Å². The van der Waals surface area contributed by atoms with Crippen molar-refractivity contribution in [3.63, 3.8) is 0 Å². The third-order valence-electron chi connectivity index (χ3n) is 10.5. The molecule has 5 heteroatoms. The molecule has 0 spiro atoms. The normalized spacial score (nSPS) is 10.9. The predicted octanol–water partition coefficient (Wildman–Crippen LogP) is 13.5. The molecule has 0 atom stereocenters. The standard InChI is InChI=1S/2C23H46O2.Ba/c2*1-2-3-4-5-6-7-8-9-10-11-12-13-14-15-16-17-18-19-20-21-22-23(24)25;/h2*2-22H2,1H3,(H,24,25);/q;;+2/p-2. The van der Waals surface area contributed by atoms with Gasteiger partial charge in [0.1, 0.15) is 0 Å². The first-order valence-electron chi connectivity index (χ1n) is 22.9. The molecular weight excluding hydrogens is 754 g/mol. The zero-order chi connectivity index (χ0) is 36.9. The van der Waals surface area contributed by atoms with Crippen LogP contribution < -0.4 is 10.2 Å². The topological polar surface area (TPSA) is 80.3 Å². The molecule has 0 heterocycles. The maximum absolute atomic E-state index is 10.3. The van der Waals surface area contributed by atoms with Crippen molar-refractivity contribution in [3.05, 3.63) is 0 Å². The van der Waals surface area contributed by atoms with E-state index in [2.05, 4.69) is 13.8 Å². The Bertz CT molecular complexity index is 587. The Kier molecular flexibility index (Phi) is 57.6. The second kappa shape index (κ2) is 52.6. The molecule has 0 bridgehead atoms. The molecule has 51 heavy (non-hydrogen) atoms. The number of carbonyl (C=O) groups excluding carboxylic acids is 2. The molecule has 0 N–H and O–H groups in total. The van der Waals surface area contributed by atoms with E-state index in [0.717, 1.165) is 25.7 Å². The van der Waals surface area contributed by atoms with Crippen LogP contribution in [-0.4, -0.2) is 60.8 Å². The van der Waals surface area contributed by atoms with E-state index < -0.39 is 11.9 Å². The van der Waals surface area contributed by atoms with E-state index in [1.165, 1.54) is 231 Å². The van der Waals surface area contributed by atoms with Gasteiger partial charge in [0.05, 0.1) is 0 Å². The average Bonchev–Trinajstić information content (AvgIpc) is 3.10. The molecule has 0 aliphatic carbocycles. The fourth-order valence-corrected chi connectivity index (χ4v) is 7.05. The fraction of sp³-hybridized carbons (Fsp3) is 0.957. The van der Waals surface area contributed by atoms with Gasteiger partial charge in [-0.05, 0) is 25.7 Å². The van der Waals surface area contributed by atoms with E-state index in [4.69, 9.17) is 0 Å². The summed E-state index contributed by atoms with van der Waals surface area (Å²) in [5.41, 5.74) is 0. The molecular formula is C46H90BaO4. The van der Waals surface area contributed by atoms with E-state index in [0.29, 0.717) is 0 Å². The van der Waals surface area contributed by atoms with Crippen LogP contribution in [0.5, 0.6) is 0 Å². The van der Waals surface area contributed by atoms with Gasteiger partial charge in [-0.15, -0.1) is 0 Å². The molecule has 0 amide bonds. The number of carboxylic acid groups (broad SMARTS) is 2. The molecule has 0 saturated carbocycles. The Morgan fingerprint density at radius 3 is 0.490 bits per heavy atom. The van der Waals surface area contributed by atoms with E-state index in [9.17, 15) is 19.8 Å². The molecule has 0 aliphatic rings. The minimum atomic E-state index is -0.901. The number of aliphatic carboxylic acids is 2. The first kappa shape index (κ1) is 55.8. The molecule has 0 rings (SSSR count). The summed E-state index contributed by atoms with van der Waals surface area (Å²) in [4.78, 5) is 20.6. The Morgan fingerprint density at radius 1 is 0.255 bits per heavy atom. The molecule has 0 aromatic heterocycles. The van der Waals surface area contributed by atoms with Crippen LogP contribution in [0.15, 0.2) is 0 Å². The number of hydrogen-bond acceptors (Lipinski definition) is 4. The third-order valence-corrected chi connectivity index (χ3v) is 10.5. The molecule has 0 aromatic carbocycles. The van der Waals surface area contributed by atoms with Crippen LogP contribution in [0.2, 0.25) is 0 Å². The number of hydrogen-bond donors (Lipinski definition) is 0. The van der Waals surface area contributed by atoms with Gasteiger partial charge in [-0.1, -0.05) is 258 Å². The van der Waals surface area contributed by atoms with Crippen molar-refractivity contribution in [1.29, 1.82) is 0 Å². The molecule has 0 radical (unpaired) electrons. The van der Waals surface area contributed by atoms with Crippen molar-refractivity contribution in [2.24, 2.45) is 0 Å². The van der Waals surface area contributed by atoms with Crippen molar-refractivity contribution in [3.8, 4) is 0 Å². The Labute approximate surface area is 361 Å². The molecule has 300 valence electrons. The average molecular weight is 845 g/mol. The van der Waals surface area contributed by atoms with E-state index in [-0.39, 0.29) is 61.7 Å². The first-order valence-corrected chi connectivity index (χ1v) is 22.9. The number of carbonyl (C=O) groups is 2. The Hall–Kier alpha value is 0.511. The van der Waals surface area contributed by atoms with Gasteiger partial charge in [-0.3, -0.25) is 0 Å². The van der Waals surface area contributed by atoms with Gasteiger partial charge in [0.2, 0.25) is 0 Å². The van der Waals surface area contributed by atoms with E-state index in [1.807, 2.05) is 0 Å². The smallest absolute Gasteiger partial charge is 0.550 e. The van der Waals surface area contributed by atoms with Crippen LogP contribution in [0.1, 0.15) is 284 Å². The SMILES string of the molecule is CCCCCCCCCCCCCCCCCCCCCCC(=O)[O-].CCCCCCCCCCCCCCCCCCCCCCC(=O)[O-].[Ba+2]. The summed E-state index contributed by atoms with van der Waals surface area (Å²) < 4.78 is 0. The number of unbranched alkanes of at least 4 members (excludes halogenated alkanes) is 38. The maximum Gasteiger partial charge on any atom is 2.00 e. The second-order valence-electron chi connectivity index (χ2n) is 15.7. The van der Waals surface area contributed by atoms with Crippen molar-refractivity contribution in [1.82, 2.24) is 0 Å². The first-order chi connectivity index (χ1) is 24.5. The van der Waals surface area contributed by atoms with Crippen molar-refractivity contribution in [2.45, 2.75) is 284 Å². The van der Waals surface area contributed by atoms with Crippen LogP contribution in [0.4, 0.5) is 0 Å². The summed E-state index contributed by atoms with van der Waals surface area (Å²) in [6, 6.07) is 0. The van der Waals surface area contributed by atoms with Crippen molar-refractivity contribution in [2.75, 3.05) is 0 Å². The number of carboxylic acids is 2. The zero-order valence-corrected chi connectivity index (χ0v) is 39.5. The summed E-state index contributed by atoms with van der Waals surface area (Å²) >= 11 is 0. The third kappa shape index (κ3) is 60.0. The molecule has 0 fully saturated rings. The molecule has 4 nitrogen and oxygen atoms in total. The van der Waals surface area contributed by atoms with Crippen LogP contribution in [0, 0.1) is 0 Å². The van der Waals surface area contributed by atoms with Gasteiger partial charge in [-0.25, -0.2) is 0 Å². The monoisotopic (exact) mass is 845 g/mol. The summed E-state index contributed by atoms with van der Waals surface area (Å²) in [6.07, 6.45) is 54.4. The molecule has 0 aliphatic heterocycles. The quantitative estimate of drug-likeness (QED) is 0.0453. The van der Waals surface area contributed by atoms with Gasteiger partial charge in [0.25, 0.3) is 0 Å². The minimum Gasteiger partial charge on any atom is -0.550 e. The predicted molar refractivity (Wildman–Crippen MR) is 221 cm³/mol. The maximum atomic E-state index is 10.3. The van der Waals surface area contributed by atoms with Crippen LogP contribution in [0.3, 0.4) is 0 Å². The van der Waals surface area contributed by atoms with Crippen LogP contribution in [0.25, 0.3) is 0 Å². The van der Waals surface area contributed by atoms with Crippen LogP contribution in [-0.2, 0) is 9.59 Å². The summed E-state index contributed by atoms with van der Waals surface area (Å²) in [7, 11) is 0. The van der Waals surface area contributed by atoms with Gasteiger partial charge >= 0.3 is 48.9 Å². The van der Waals surface area contributed by atoms with E-state index in [1.54, 1.807) is 0 Å². The largest absolute Gasteiger partial charge is 2.00 e.